The number of nitrogens with zero attached hydrogens (tertiary/aromatic N) is 1. The van der Waals surface area contributed by atoms with Gasteiger partial charge < -0.3 is 4.98 Å². The zero-order chi connectivity index (χ0) is 15.7. The Morgan fingerprint density at radius 3 is 2.55 bits per heavy atom. The molecule has 0 fully saturated rings. The highest BCUT2D eigenvalue weighted by Gasteiger charge is 2.16. The number of H-pyrrole nitrogens is 1. The van der Waals surface area contributed by atoms with E-state index in [-0.39, 0.29) is 4.90 Å². The molecule has 1 heterocycles. The van der Waals surface area contributed by atoms with Crippen LogP contribution < -0.4 is 4.72 Å². The van der Waals surface area contributed by atoms with Crippen LogP contribution in [-0.4, -0.2) is 13.4 Å². The summed E-state index contributed by atoms with van der Waals surface area (Å²) in [6.07, 6.45) is 1.61. The van der Waals surface area contributed by atoms with Crippen LogP contribution in [0.2, 0.25) is 5.02 Å². The molecular weight excluding hydrogens is 322 g/mol. The summed E-state index contributed by atoms with van der Waals surface area (Å²) < 4.78 is 27.4. The van der Waals surface area contributed by atoms with Crippen molar-refractivity contribution in [2.45, 2.75) is 4.90 Å². The molecule has 2 aromatic carbocycles. The first-order chi connectivity index (χ1) is 10.5. The van der Waals surface area contributed by atoms with Gasteiger partial charge in [-0.05, 0) is 6.07 Å². The molecule has 5 nitrogen and oxygen atoms in total. The maximum absolute atomic E-state index is 12.4. The Labute approximate surface area is 132 Å². The number of halogens is 1. The van der Waals surface area contributed by atoms with Gasteiger partial charge in [-0.15, -0.1) is 0 Å². The highest BCUT2D eigenvalue weighted by molar-refractivity contribution is 7.92. The van der Waals surface area contributed by atoms with Crippen molar-refractivity contribution in [3.05, 3.63) is 65.1 Å². The Bertz CT molecular complexity index is 986. The van der Waals surface area contributed by atoms with Gasteiger partial charge in [0.2, 0.25) is 0 Å². The Hall–Kier alpha value is -2.49. The van der Waals surface area contributed by atoms with Crippen LogP contribution in [0.1, 0.15) is 0 Å². The second kappa shape index (κ2) is 5.37. The standard InChI is InChI=1S/C15H10ClN3O2S/c1-17-10-5-7-11(8-6-10)22(20,21)19-14-4-2-3-12-13(16)9-18-15(12)14/h2-9,18-19H. The second-order valence-corrected chi connectivity index (χ2v) is 6.67. The molecule has 0 amide bonds. The third-order valence-electron chi connectivity index (χ3n) is 3.19. The summed E-state index contributed by atoms with van der Waals surface area (Å²) in [6, 6.07) is 10.9. The van der Waals surface area contributed by atoms with Crippen LogP contribution in [0.15, 0.2) is 53.6 Å². The van der Waals surface area contributed by atoms with Crippen molar-refractivity contribution in [1.82, 2.24) is 4.98 Å². The van der Waals surface area contributed by atoms with Crippen molar-refractivity contribution in [2.24, 2.45) is 0 Å². The highest BCUT2D eigenvalue weighted by Crippen LogP contribution is 2.30. The average molecular weight is 332 g/mol. The van der Waals surface area contributed by atoms with Crippen molar-refractivity contribution in [2.75, 3.05) is 4.72 Å². The van der Waals surface area contributed by atoms with Crippen molar-refractivity contribution in [3.63, 3.8) is 0 Å². The lowest BCUT2D eigenvalue weighted by atomic mass is 10.2. The summed E-state index contributed by atoms with van der Waals surface area (Å²) in [7, 11) is -3.74. The summed E-state index contributed by atoms with van der Waals surface area (Å²) in [5.41, 5.74) is 1.42. The average Bonchev–Trinajstić information content (AvgIpc) is 2.90. The minimum atomic E-state index is -3.74. The number of anilines is 1. The number of aromatic amines is 1. The molecule has 0 saturated heterocycles. The van der Waals surface area contributed by atoms with Gasteiger partial charge in [-0.25, -0.2) is 13.3 Å². The Morgan fingerprint density at radius 1 is 1.14 bits per heavy atom. The van der Waals surface area contributed by atoms with Gasteiger partial charge in [0.25, 0.3) is 10.0 Å². The number of nitrogens with one attached hydrogen (secondary N) is 2. The van der Waals surface area contributed by atoms with E-state index >= 15 is 0 Å². The molecule has 0 bridgehead atoms. The van der Waals surface area contributed by atoms with Gasteiger partial charge in [-0.1, -0.05) is 48.0 Å². The SMILES string of the molecule is [C-]#[N+]c1ccc(S(=O)(=O)Nc2cccc3c(Cl)c[nH]c23)cc1. The maximum atomic E-state index is 12.4. The molecule has 0 radical (unpaired) electrons. The van der Waals surface area contributed by atoms with Crippen LogP contribution in [0.25, 0.3) is 15.7 Å². The Kier molecular flexibility index (Phi) is 3.53. The number of hydrogen-bond donors (Lipinski definition) is 2. The fraction of sp³-hybridized carbons (Fsp3) is 0. The number of para-hydroxylation sites is 1. The first-order valence-corrected chi connectivity index (χ1v) is 8.13. The molecule has 1 aromatic heterocycles. The van der Waals surface area contributed by atoms with Crippen LogP contribution in [-0.2, 0) is 10.0 Å². The molecule has 3 rings (SSSR count). The van der Waals surface area contributed by atoms with Crippen molar-refractivity contribution < 1.29 is 8.42 Å². The molecule has 0 unspecified atom stereocenters. The molecule has 110 valence electrons. The topological polar surface area (TPSA) is 66.3 Å². The van der Waals surface area contributed by atoms with E-state index in [2.05, 4.69) is 14.6 Å². The molecule has 0 atom stereocenters. The van der Waals surface area contributed by atoms with E-state index in [0.29, 0.717) is 21.9 Å². The lowest BCUT2D eigenvalue weighted by molar-refractivity contribution is 0.601. The van der Waals surface area contributed by atoms with E-state index in [9.17, 15) is 8.42 Å². The first-order valence-electron chi connectivity index (χ1n) is 6.27. The Balaban J connectivity index is 2.01. The molecule has 0 spiro atoms. The van der Waals surface area contributed by atoms with Crippen molar-refractivity contribution >= 4 is 43.9 Å². The van der Waals surface area contributed by atoms with Crippen molar-refractivity contribution in [3.8, 4) is 0 Å². The monoisotopic (exact) mass is 331 g/mol. The van der Waals surface area contributed by atoms with Crippen LogP contribution in [0.3, 0.4) is 0 Å². The van der Waals surface area contributed by atoms with E-state index in [4.69, 9.17) is 18.2 Å². The zero-order valence-electron chi connectivity index (χ0n) is 11.2. The minimum Gasteiger partial charge on any atom is -0.358 e. The van der Waals surface area contributed by atoms with Gasteiger partial charge in [0.1, 0.15) is 0 Å². The van der Waals surface area contributed by atoms with E-state index < -0.39 is 10.0 Å². The lowest BCUT2D eigenvalue weighted by Crippen LogP contribution is -2.13. The maximum Gasteiger partial charge on any atom is 0.261 e. The fourth-order valence-electron chi connectivity index (χ4n) is 2.11. The molecule has 7 heteroatoms. The van der Waals surface area contributed by atoms with E-state index in [1.807, 2.05) is 0 Å². The molecular formula is C15H10ClN3O2S. The van der Waals surface area contributed by atoms with Gasteiger partial charge in [0, 0.05) is 11.6 Å². The van der Waals surface area contributed by atoms with E-state index in [1.54, 1.807) is 24.4 Å². The number of fused-ring (bicyclic) bond motifs is 1. The molecule has 3 aromatic rings. The van der Waals surface area contributed by atoms with Crippen LogP contribution in [0.4, 0.5) is 11.4 Å². The molecule has 0 saturated carbocycles. The molecule has 2 N–H and O–H groups in total. The second-order valence-electron chi connectivity index (χ2n) is 4.58. The Morgan fingerprint density at radius 2 is 1.86 bits per heavy atom. The number of rotatable bonds is 3. The molecule has 0 aliphatic rings. The summed E-state index contributed by atoms with van der Waals surface area (Å²) in [6.45, 7) is 6.89. The third kappa shape index (κ3) is 2.52. The van der Waals surface area contributed by atoms with Crippen molar-refractivity contribution in [1.29, 1.82) is 0 Å². The van der Waals surface area contributed by atoms with Gasteiger partial charge in [-0.3, -0.25) is 4.72 Å². The number of benzene rings is 2. The largest absolute Gasteiger partial charge is 0.358 e. The van der Waals surface area contributed by atoms with Gasteiger partial charge in [0.05, 0.1) is 27.7 Å². The first kappa shape index (κ1) is 14.4. The summed E-state index contributed by atoms with van der Waals surface area (Å²) in [5.74, 6) is 0. The summed E-state index contributed by atoms with van der Waals surface area (Å²) >= 11 is 6.03. The van der Waals surface area contributed by atoms with Gasteiger partial charge in [0.15, 0.2) is 5.69 Å². The molecule has 22 heavy (non-hydrogen) atoms. The van der Waals surface area contributed by atoms with Gasteiger partial charge in [-0.2, -0.15) is 0 Å². The highest BCUT2D eigenvalue weighted by atomic mass is 35.5. The number of hydrogen-bond acceptors (Lipinski definition) is 2. The summed E-state index contributed by atoms with van der Waals surface area (Å²) in [4.78, 5) is 6.28. The number of aromatic nitrogens is 1. The smallest absolute Gasteiger partial charge is 0.261 e. The zero-order valence-corrected chi connectivity index (χ0v) is 12.7. The minimum absolute atomic E-state index is 0.0922. The van der Waals surface area contributed by atoms with E-state index in [0.717, 1.165) is 5.39 Å². The van der Waals surface area contributed by atoms with Crippen LogP contribution in [0, 0.1) is 6.57 Å². The predicted molar refractivity (Wildman–Crippen MR) is 86.8 cm³/mol. The molecule has 0 aliphatic carbocycles. The quantitative estimate of drug-likeness (QED) is 0.707. The van der Waals surface area contributed by atoms with Crippen LogP contribution in [0.5, 0.6) is 0 Å². The third-order valence-corrected chi connectivity index (χ3v) is 4.88. The fourth-order valence-corrected chi connectivity index (χ4v) is 3.39. The predicted octanol–water partition coefficient (Wildman–Crippen LogP) is 4.17. The van der Waals surface area contributed by atoms with E-state index in [1.165, 1.54) is 24.3 Å². The summed E-state index contributed by atoms with van der Waals surface area (Å²) in [5, 5.41) is 1.27. The lowest BCUT2D eigenvalue weighted by Gasteiger charge is -2.09. The number of sulfonamides is 1. The van der Waals surface area contributed by atoms with Gasteiger partial charge >= 0.3 is 0 Å². The van der Waals surface area contributed by atoms with Crippen LogP contribution >= 0.6 is 11.6 Å². The normalized spacial score (nSPS) is 11.3. The molecule has 0 aliphatic heterocycles.